The number of halogens is 3. The van der Waals surface area contributed by atoms with Crippen LogP contribution in [0.4, 0.5) is 0 Å². The van der Waals surface area contributed by atoms with Crippen molar-refractivity contribution in [3.8, 4) is 0 Å². The molecule has 0 radical (unpaired) electrons. The number of thioether (sulfide) groups is 1. The molecule has 2 rings (SSSR count). The summed E-state index contributed by atoms with van der Waals surface area (Å²) in [5.41, 5.74) is 0.414. The van der Waals surface area contributed by atoms with Crippen LogP contribution >= 0.6 is 46.6 Å². The maximum atomic E-state index is 13.1. The Bertz CT molecular complexity index is 914. The van der Waals surface area contributed by atoms with Gasteiger partial charge in [-0.25, -0.2) is 0 Å². The molecule has 0 heterocycles. The van der Waals surface area contributed by atoms with Crippen molar-refractivity contribution in [2.24, 2.45) is 0 Å². The van der Waals surface area contributed by atoms with Crippen molar-refractivity contribution in [2.45, 2.75) is 57.1 Å². The van der Waals surface area contributed by atoms with Crippen LogP contribution in [0, 0.1) is 0 Å². The largest absolute Gasteiger partial charge is 0.350 e. The van der Waals surface area contributed by atoms with Gasteiger partial charge in [-0.1, -0.05) is 40.9 Å². The quantitative estimate of drug-likeness (QED) is 0.422. The molecule has 0 aliphatic heterocycles. The van der Waals surface area contributed by atoms with Crippen molar-refractivity contribution in [2.75, 3.05) is 5.75 Å². The maximum absolute atomic E-state index is 13.1. The number of carbonyl (C=O) groups excluding carboxylic acids is 2. The first-order chi connectivity index (χ1) is 14.5. The highest BCUT2D eigenvalue weighted by molar-refractivity contribution is 7.99. The number of carbonyl (C=O) groups is 2. The van der Waals surface area contributed by atoms with E-state index in [0.29, 0.717) is 27.2 Å². The van der Waals surface area contributed by atoms with Crippen molar-refractivity contribution >= 4 is 58.4 Å². The third-order valence-corrected chi connectivity index (χ3v) is 6.41. The van der Waals surface area contributed by atoms with Crippen LogP contribution in [0.5, 0.6) is 0 Å². The standard InChI is InChI=1S/C23H27Cl3N2O2S/c1-15(22(30)27-23(2,3)4)28(14-16-5-10-19(25)20(26)13-16)21(29)11-12-31-18-8-6-17(24)7-9-18/h5-10,13,15H,11-12,14H2,1-4H3,(H,27,30)/t15-/m0/s1. The van der Waals surface area contributed by atoms with E-state index in [9.17, 15) is 9.59 Å². The fraction of sp³-hybridized carbons (Fsp3) is 0.391. The zero-order valence-electron chi connectivity index (χ0n) is 18.0. The average Bonchev–Trinajstić information content (AvgIpc) is 2.68. The van der Waals surface area contributed by atoms with Gasteiger partial charge in [0.05, 0.1) is 10.0 Å². The highest BCUT2D eigenvalue weighted by Crippen LogP contribution is 2.25. The zero-order chi connectivity index (χ0) is 23.2. The third kappa shape index (κ3) is 8.57. The van der Waals surface area contributed by atoms with Gasteiger partial charge in [-0.2, -0.15) is 0 Å². The molecule has 8 heteroatoms. The lowest BCUT2D eigenvalue weighted by Crippen LogP contribution is -2.52. The Kier molecular flexibility index (Phi) is 9.56. The van der Waals surface area contributed by atoms with E-state index in [1.54, 1.807) is 35.7 Å². The molecule has 0 aromatic heterocycles. The van der Waals surface area contributed by atoms with Gasteiger partial charge in [0.15, 0.2) is 0 Å². The number of amides is 2. The van der Waals surface area contributed by atoms with E-state index >= 15 is 0 Å². The third-order valence-electron chi connectivity index (χ3n) is 4.40. The average molecular weight is 502 g/mol. The Hall–Kier alpha value is -1.40. The summed E-state index contributed by atoms with van der Waals surface area (Å²) in [4.78, 5) is 28.5. The van der Waals surface area contributed by atoms with E-state index in [1.165, 1.54) is 0 Å². The predicted octanol–water partition coefficient (Wildman–Crippen LogP) is 6.46. The Morgan fingerprint density at radius 3 is 2.26 bits per heavy atom. The van der Waals surface area contributed by atoms with Crippen molar-refractivity contribution in [3.63, 3.8) is 0 Å². The van der Waals surface area contributed by atoms with E-state index < -0.39 is 11.6 Å². The van der Waals surface area contributed by atoms with Crippen LogP contribution in [-0.4, -0.2) is 34.0 Å². The highest BCUT2D eigenvalue weighted by Gasteiger charge is 2.28. The van der Waals surface area contributed by atoms with Gasteiger partial charge in [-0.3, -0.25) is 9.59 Å². The molecule has 31 heavy (non-hydrogen) atoms. The first-order valence-electron chi connectivity index (χ1n) is 9.90. The fourth-order valence-corrected chi connectivity index (χ4v) is 4.11. The van der Waals surface area contributed by atoms with Gasteiger partial charge >= 0.3 is 0 Å². The Morgan fingerprint density at radius 2 is 1.68 bits per heavy atom. The second-order valence-corrected chi connectivity index (χ2v) is 10.7. The molecule has 0 fully saturated rings. The molecule has 0 aliphatic carbocycles. The molecule has 0 saturated carbocycles. The van der Waals surface area contributed by atoms with Gasteiger partial charge in [0.25, 0.3) is 0 Å². The number of hydrogen-bond donors (Lipinski definition) is 1. The van der Waals surface area contributed by atoms with Gasteiger partial charge < -0.3 is 10.2 Å². The first kappa shape index (κ1) is 25.9. The number of rotatable bonds is 8. The van der Waals surface area contributed by atoms with Crippen LogP contribution in [0.25, 0.3) is 0 Å². The monoisotopic (exact) mass is 500 g/mol. The van der Waals surface area contributed by atoms with Crippen LogP contribution in [0.2, 0.25) is 15.1 Å². The molecular weight excluding hydrogens is 475 g/mol. The van der Waals surface area contributed by atoms with E-state index in [4.69, 9.17) is 34.8 Å². The lowest BCUT2D eigenvalue weighted by Gasteiger charge is -2.31. The molecule has 2 aromatic rings. The van der Waals surface area contributed by atoms with Gasteiger partial charge in [-0.05, 0) is 69.7 Å². The molecule has 0 unspecified atom stereocenters. The second-order valence-electron chi connectivity index (χ2n) is 8.24. The minimum atomic E-state index is -0.637. The van der Waals surface area contributed by atoms with E-state index in [-0.39, 0.29) is 18.4 Å². The summed E-state index contributed by atoms with van der Waals surface area (Å²) in [5, 5.41) is 4.48. The van der Waals surface area contributed by atoms with Gasteiger partial charge in [0, 0.05) is 34.2 Å². The molecule has 0 aliphatic rings. The van der Waals surface area contributed by atoms with E-state index in [0.717, 1.165) is 10.5 Å². The van der Waals surface area contributed by atoms with Crippen LogP contribution in [0.15, 0.2) is 47.4 Å². The number of nitrogens with zero attached hydrogens (tertiary/aromatic N) is 1. The summed E-state index contributed by atoms with van der Waals surface area (Å²) in [6.45, 7) is 7.73. The molecular formula is C23H27Cl3N2O2S. The summed E-state index contributed by atoms with van der Waals surface area (Å²) < 4.78 is 0. The van der Waals surface area contributed by atoms with E-state index in [1.807, 2.05) is 51.1 Å². The highest BCUT2D eigenvalue weighted by atomic mass is 35.5. The Morgan fingerprint density at radius 1 is 1.03 bits per heavy atom. The molecule has 1 atom stereocenters. The summed E-state index contributed by atoms with van der Waals surface area (Å²) in [6.07, 6.45) is 0.293. The second kappa shape index (κ2) is 11.5. The minimum absolute atomic E-state index is 0.107. The summed E-state index contributed by atoms with van der Waals surface area (Å²) >= 11 is 19.6. The van der Waals surface area contributed by atoms with Crippen molar-refractivity contribution in [3.05, 3.63) is 63.1 Å². The summed E-state index contributed by atoms with van der Waals surface area (Å²) in [5.74, 6) is 0.279. The normalized spacial score (nSPS) is 12.4. The van der Waals surface area contributed by atoms with Crippen molar-refractivity contribution in [1.29, 1.82) is 0 Å². The SMILES string of the molecule is C[C@@H](C(=O)NC(C)(C)C)N(Cc1ccc(Cl)c(Cl)c1)C(=O)CCSc1ccc(Cl)cc1. The molecule has 0 spiro atoms. The Balaban J connectivity index is 2.12. The number of benzene rings is 2. The number of nitrogens with one attached hydrogen (secondary N) is 1. The Labute approximate surface area is 203 Å². The molecule has 2 amide bonds. The van der Waals surface area contributed by atoms with Gasteiger partial charge in [0.1, 0.15) is 6.04 Å². The van der Waals surface area contributed by atoms with Crippen LogP contribution < -0.4 is 5.32 Å². The lowest BCUT2D eigenvalue weighted by atomic mass is 10.1. The smallest absolute Gasteiger partial charge is 0.242 e. The lowest BCUT2D eigenvalue weighted by molar-refractivity contribution is -0.140. The van der Waals surface area contributed by atoms with Gasteiger partial charge in [0.2, 0.25) is 11.8 Å². The summed E-state index contributed by atoms with van der Waals surface area (Å²) in [6, 6.07) is 12.1. The van der Waals surface area contributed by atoms with Gasteiger partial charge in [-0.15, -0.1) is 11.8 Å². The molecule has 1 N–H and O–H groups in total. The van der Waals surface area contributed by atoms with Crippen molar-refractivity contribution < 1.29 is 9.59 Å². The van der Waals surface area contributed by atoms with Crippen LogP contribution in [0.1, 0.15) is 39.7 Å². The maximum Gasteiger partial charge on any atom is 0.242 e. The molecule has 2 aromatic carbocycles. The minimum Gasteiger partial charge on any atom is -0.350 e. The van der Waals surface area contributed by atoms with Crippen LogP contribution in [-0.2, 0) is 16.1 Å². The topological polar surface area (TPSA) is 49.4 Å². The van der Waals surface area contributed by atoms with Crippen molar-refractivity contribution in [1.82, 2.24) is 10.2 Å². The van der Waals surface area contributed by atoms with E-state index in [2.05, 4.69) is 5.32 Å². The molecule has 4 nitrogen and oxygen atoms in total. The number of hydrogen-bond acceptors (Lipinski definition) is 3. The fourth-order valence-electron chi connectivity index (χ4n) is 2.82. The molecule has 0 saturated heterocycles. The van der Waals surface area contributed by atoms with Crippen LogP contribution in [0.3, 0.4) is 0 Å². The zero-order valence-corrected chi connectivity index (χ0v) is 21.1. The summed E-state index contributed by atoms with van der Waals surface area (Å²) in [7, 11) is 0. The first-order valence-corrected chi connectivity index (χ1v) is 12.0. The molecule has 0 bridgehead atoms. The predicted molar refractivity (Wildman–Crippen MR) is 131 cm³/mol. The molecule has 168 valence electrons.